The Morgan fingerprint density at radius 3 is 2.65 bits per heavy atom. The lowest BCUT2D eigenvalue weighted by Gasteiger charge is -2.26. The van der Waals surface area contributed by atoms with E-state index in [1.165, 1.54) is 12.5 Å². The summed E-state index contributed by atoms with van der Waals surface area (Å²) in [5, 5.41) is 14.3. The van der Waals surface area contributed by atoms with Gasteiger partial charge in [-0.15, -0.1) is 0 Å². The molecule has 1 aliphatic carbocycles. The van der Waals surface area contributed by atoms with E-state index in [-0.39, 0.29) is 24.3 Å². The van der Waals surface area contributed by atoms with Crippen molar-refractivity contribution in [2.75, 3.05) is 0 Å². The molecule has 1 saturated carbocycles. The first-order valence-corrected chi connectivity index (χ1v) is 10.5. The highest BCUT2D eigenvalue weighted by Gasteiger charge is 2.24. The first-order valence-electron chi connectivity index (χ1n) is 10.5. The van der Waals surface area contributed by atoms with Gasteiger partial charge >= 0.3 is 0 Å². The fourth-order valence-corrected chi connectivity index (χ4v) is 3.26. The molecule has 0 spiro atoms. The van der Waals surface area contributed by atoms with E-state index in [9.17, 15) is 9.50 Å². The molecule has 1 heterocycles. The van der Waals surface area contributed by atoms with E-state index < -0.39 is 5.60 Å². The molecule has 1 N–H and O–H groups in total. The van der Waals surface area contributed by atoms with Crippen LogP contribution in [0.2, 0.25) is 0 Å². The zero-order chi connectivity index (χ0) is 22.0. The average molecular weight is 423 g/mol. The predicted octanol–water partition coefficient (Wildman–Crippen LogP) is 5.98. The van der Waals surface area contributed by atoms with Crippen LogP contribution >= 0.6 is 0 Å². The number of ether oxygens (including phenoxy) is 2. The monoisotopic (exact) mass is 422 g/mol. The lowest BCUT2D eigenvalue weighted by Crippen LogP contribution is -2.26. The van der Waals surface area contributed by atoms with Crippen LogP contribution in [0.3, 0.4) is 0 Å². The first-order chi connectivity index (χ1) is 14.8. The van der Waals surface area contributed by atoms with E-state index in [2.05, 4.69) is 11.7 Å². The molecule has 4 rings (SSSR count). The Balaban J connectivity index is 1.70. The number of hydrogen-bond donors (Lipinski definition) is 1. The van der Waals surface area contributed by atoms with Crippen molar-refractivity contribution >= 4 is 0 Å². The van der Waals surface area contributed by atoms with Gasteiger partial charge in [-0.05, 0) is 63.4 Å². The van der Waals surface area contributed by atoms with Crippen LogP contribution in [-0.2, 0) is 11.3 Å². The molecule has 5 nitrogen and oxygen atoms in total. The third kappa shape index (κ3) is 4.64. The Labute approximate surface area is 181 Å². The first kappa shape index (κ1) is 21.1. The van der Waals surface area contributed by atoms with Crippen molar-refractivity contribution < 1.29 is 19.0 Å². The second-order valence-corrected chi connectivity index (χ2v) is 8.33. The van der Waals surface area contributed by atoms with Crippen molar-refractivity contribution in [2.24, 2.45) is 0 Å². The SMILES string of the molecule is C=C(O)C(C)(C)OCc1cc(-c2cccc(OC3CCC3)c2)n(-c2ccccc2F)n1. The van der Waals surface area contributed by atoms with Gasteiger partial charge in [0.1, 0.15) is 28.6 Å². The quantitative estimate of drug-likeness (QED) is 0.454. The lowest BCUT2D eigenvalue weighted by atomic mass is 9.96. The van der Waals surface area contributed by atoms with E-state index in [4.69, 9.17) is 9.47 Å². The van der Waals surface area contributed by atoms with Crippen LogP contribution in [0.1, 0.15) is 38.8 Å². The number of para-hydroxylation sites is 1. The second kappa shape index (κ2) is 8.55. The summed E-state index contributed by atoms with van der Waals surface area (Å²) in [6, 6.07) is 16.1. The summed E-state index contributed by atoms with van der Waals surface area (Å²) in [6.07, 6.45) is 3.62. The summed E-state index contributed by atoms with van der Waals surface area (Å²) in [5.74, 6) is 0.353. The molecule has 31 heavy (non-hydrogen) atoms. The molecule has 0 radical (unpaired) electrons. The number of rotatable bonds is 8. The molecule has 0 atom stereocenters. The van der Waals surface area contributed by atoms with E-state index in [1.807, 2.05) is 30.3 Å². The third-order valence-corrected chi connectivity index (χ3v) is 5.60. The summed E-state index contributed by atoms with van der Waals surface area (Å²) < 4.78 is 28.0. The van der Waals surface area contributed by atoms with E-state index >= 15 is 0 Å². The van der Waals surface area contributed by atoms with Gasteiger partial charge in [-0.25, -0.2) is 9.07 Å². The topological polar surface area (TPSA) is 56.5 Å². The molecule has 6 heteroatoms. The number of aliphatic hydroxyl groups is 1. The van der Waals surface area contributed by atoms with Crippen molar-refractivity contribution in [1.29, 1.82) is 0 Å². The van der Waals surface area contributed by atoms with E-state index in [0.29, 0.717) is 11.4 Å². The van der Waals surface area contributed by atoms with Gasteiger partial charge in [0.15, 0.2) is 0 Å². The summed E-state index contributed by atoms with van der Waals surface area (Å²) >= 11 is 0. The predicted molar refractivity (Wildman–Crippen MR) is 118 cm³/mol. The maximum absolute atomic E-state index is 14.6. The van der Waals surface area contributed by atoms with Crippen molar-refractivity contribution in [3.8, 4) is 22.7 Å². The highest BCUT2D eigenvalue weighted by atomic mass is 19.1. The molecule has 0 bridgehead atoms. The molecule has 2 aromatic carbocycles. The van der Waals surface area contributed by atoms with Crippen molar-refractivity contribution in [1.82, 2.24) is 9.78 Å². The van der Waals surface area contributed by atoms with Gasteiger partial charge in [0.25, 0.3) is 0 Å². The number of nitrogens with zero attached hydrogens (tertiary/aromatic N) is 2. The van der Waals surface area contributed by atoms with Crippen molar-refractivity contribution in [3.05, 3.63) is 78.4 Å². The Morgan fingerprint density at radius 2 is 1.97 bits per heavy atom. The van der Waals surface area contributed by atoms with Crippen LogP contribution in [0.5, 0.6) is 5.75 Å². The van der Waals surface area contributed by atoms with Crippen molar-refractivity contribution in [3.63, 3.8) is 0 Å². The van der Waals surface area contributed by atoms with Gasteiger partial charge in [-0.3, -0.25) is 0 Å². The minimum absolute atomic E-state index is 0.0675. The maximum atomic E-state index is 14.6. The zero-order valence-corrected chi connectivity index (χ0v) is 17.8. The van der Waals surface area contributed by atoms with Crippen LogP contribution in [0, 0.1) is 5.82 Å². The molecule has 0 aliphatic heterocycles. The highest BCUT2D eigenvalue weighted by Crippen LogP contribution is 2.31. The van der Waals surface area contributed by atoms with Crippen LogP contribution in [0.25, 0.3) is 16.9 Å². The molecule has 1 fully saturated rings. The summed E-state index contributed by atoms with van der Waals surface area (Å²) in [6.45, 7) is 7.15. The molecule has 0 amide bonds. The Bertz CT molecular complexity index is 1090. The molecular weight excluding hydrogens is 395 g/mol. The Kier molecular flexibility index (Phi) is 5.83. The molecule has 1 aliphatic rings. The normalized spacial score (nSPS) is 14.3. The molecule has 162 valence electrons. The minimum atomic E-state index is -0.918. The lowest BCUT2D eigenvalue weighted by molar-refractivity contribution is -0.0289. The molecule has 0 unspecified atom stereocenters. The van der Waals surface area contributed by atoms with Gasteiger partial charge < -0.3 is 14.6 Å². The summed E-state index contributed by atoms with van der Waals surface area (Å²) in [4.78, 5) is 0. The van der Waals surface area contributed by atoms with Crippen molar-refractivity contribution in [2.45, 2.75) is 51.4 Å². The van der Waals surface area contributed by atoms with Gasteiger partial charge in [0, 0.05) is 5.56 Å². The van der Waals surface area contributed by atoms with Gasteiger partial charge in [-0.2, -0.15) is 5.10 Å². The van der Waals surface area contributed by atoms with Gasteiger partial charge in [0.05, 0.1) is 24.1 Å². The number of aliphatic hydroxyl groups excluding tert-OH is 1. The number of halogens is 1. The van der Waals surface area contributed by atoms with Gasteiger partial charge in [0.2, 0.25) is 0 Å². The maximum Gasteiger partial charge on any atom is 0.148 e. The minimum Gasteiger partial charge on any atom is -0.510 e. The smallest absolute Gasteiger partial charge is 0.148 e. The third-order valence-electron chi connectivity index (χ3n) is 5.60. The van der Waals surface area contributed by atoms with Gasteiger partial charge in [-0.1, -0.05) is 30.8 Å². The van der Waals surface area contributed by atoms with Crippen LogP contribution < -0.4 is 4.74 Å². The fraction of sp³-hybridized carbons (Fsp3) is 0.320. The Hall–Kier alpha value is -3.12. The molecular formula is C25H27FN2O3. The number of aromatic nitrogens is 2. The summed E-state index contributed by atoms with van der Waals surface area (Å²) in [7, 11) is 0. The second-order valence-electron chi connectivity index (χ2n) is 8.33. The van der Waals surface area contributed by atoms with Crippen LogP contribution in [-0.4, -0.2) is 26.6 Å². The van der Waals surface area contributed by atoms with Crippen LogP contribution in [0.4, 0.5) is 4.39 Å². The number of hydrogen-bond acceptors (Lipinski definition) is 4. The number of benzene rings is 2. The van der Waals surface area contributed by atoms with E-state index in [1.54, 1.807) is 36.7 Å². The molecule has 1 aromatic heterocycles. The van der Waals surface area contributed by atoms with E-state index in [0.717, 1.165) is 29.8 Å². The summed E-state index contributed by atoms with van der Waals surface area (Å²) in [5.41, 5.74) is 1.63. The average Bonchev–Trinajstić information content (AvgIpc) is 3.14. The fourth-order valence-electron chi connectivity index (χ4n) is 3.26. The zero-order valence-electron chi connectivity index (χ0n) is 17.8. The Morgan fingerprint density at radius 1 is 1.19 bits per heavy atom. The highest BCUT2D eigenvalue weighted by molar-refractivity contribution is 5.64. The molecule has 0 saturated heterocycles. The standard InChI is InChI=1S/C25H27FN2O3/c1-17(29)25(2,3)30-16-19-15-24(28(27-19)23-13-5-4-12-22(23)26)18-8-6-11-21(14-18)31-20-9-7-10-20/h4-6,8,11-15,20,29H,1,7,9-10,16H2,2-3H3. The van der Waals surface area contributed by atoms with Crippen LogP contribution in [0.15, 0.2) is 66.9 Å². The largest absolute Gasteiger partial charge is 0.510 e. The molecule has 3 aromatic rings.